The number of benzene rings is 9. The Labute approximate surface area is 301 Å². The number of nitrogens with zero attached hydrogens (tertiary/aromatic N) is 2. The van der Waals surface area contributed by atoms with Crippen LogP contribution in [0.1, 0.15) is 0 Å². The number of hydrogen-bond acceptors (Lipinski definition) is 3. The van der Waals surface area contributed by atoms with Crippen LogP contribution in [0.4, 0.5) is 17.1 Å². The van der Waals surface area contributed by atoms with E-state index in [2.05, 4.69) is 163 Å². The van der Waals surface area contributed by atoms with Crippen LogP contribution < -0.4 is 4.90 Å². The Morgan fingerprint density at radius 3 is 1.85 bits per heavy atom. The second-order valence-electron chi connectivity index (χ2n) is 13.2. The van der Waals surface area contributed by atoms with Crippen LogP contribution in [0.25, 0.3) is 77.1 Å². The molecule has 52 heavy (non-hydrogen) atoms. The van der Waals surface area contributed by atoms with Crippen molar-refractivity contribution in [3.8, 4) is 33.7 Å². The van der Waals surface area contributed by atoms with E-state index in [1.165, 1.54) is 38.2 Å². The summed E-state index contributed by atoms with van der Waals surface area (Å²) in [6, 6.07) is 68.8. The summed E-state index contributed by atoms with van der Waals surface area (Å²) in [4.78, 5) is 7.38. The predicted molar refractivity (Wildman–Crippen MR) is 218 cm³/mol. The maximum Gasteiger partial charge on any atom is 0.227 e. The van der Waals surface area contributed by atoms with Gasteiger partial charge in [0.05, 0.1) is 5.69 Å². The highest BCUT2D eigenvalue weighted by molar-refractivity contribution is 6.14. The zero-order valence-electron chi connectivity index (χ0n) is 28.3. The highest BCUT2D eigenvalue weighted by Gasteiger charge is 2.19. The van der Waals surface area contributed by atoms with Gasteiger partial charge in [-0.3, -0.25) is 0 Å². The third-order valence-electron chi connectivity index (χ3n) is 10.1. The largest absolute Gasteiger partial charge is 0.436 e. The van der Waals surface area contributed by atoms with Gasteiger partial charge in [-0.05, 0) is 104 Å². The molecule has 0 bridgehead atoms. The van der Waals surface area contributed by atoms with Crippen LogP contribution in [-0.4, -0.2) is 4.98 Å². The standard InChI is InChI=1S/C49H32N2O/c1-3-13-33(14-4-1)36-18-11-19-39(31-36)51(46-24-12-23-44-43(46)29-30-47-48(44)50-49(52-47)35-15-5-2-6-16-35)38-27-25-34(26-28-38)45-32-37-17-7-8-20-40(37)41-21-9-10-22-42(41)45/h1-32H. The van der Waals surface area contributed by atoms with E-state index in [0.29, 0.717) is 5.89 Å². The van der Waals surface area contributed by atoms with Gasteiger partial charge in [0.1, 0.15) is 5.52 Å². The highest BCUT2D eigenvalue weighted by Crippen LogP contribution is 2.43. The Balaban J connectivity index is 1.15. The molecular weight excluding hydrogens is 633 g/mol. The summed E-state index contributed by atoms with van der Waals surface area (Å²) in [6.45, 7) is 0. The Kier molecular flexibility index (Phi) is 7.14. The molecule has 0 aliphatic heterocycles. The molecule has 0 atom stereocenters. The van der Waals surface area contributed by atoms with Gasteiger partial charge in [-0.2, -0.15) is 0 Å². The van der Waals surface area contributed by atoms with E-state index >= 15 is 0 Å². The maximum absolute atomic E-state index is 6.28. The predicted octanol–water partition coefficient (Wildman–Crippen LogP) is 13.8. The molecule has 0 aliphatic rings. The van der Waals surface area contributed by atoms with Crippen molar-refractivity contribution in [1.29, 1.82) is 0 Å². The van der Waals surface area contributed by atoms with Crippen molar-refractivity contribution in [3.05, 3.63) is 194 Å². The quantitative estimate of drug-likeness (QED) is 0.166. The van der Waals surface area contributed by atoms with Crippen LogP contribution in [-0.2, 0) is 0 Å². The van der Waals surface area contributed by atoms with E-state index in [-0.39, 0.29) is 0 Å². The first-order chi connectivity index (χ1) is 25.8. The van der Waals surface area contributed by atoms with Gasteiger partial charge >= 0.3 is 0 Å². The normalized spacial score (nSPS) is 11.5. The van der Waals surface area contributed by atoms with Crippen LogP contribution in [0.15, 0.2) is 199 Å². The number of aromatic nitrogens is 1. The van der Waals surface area contributed by atoms with E-state index in [9.17, 15) is 0 Å². The molecule has 0 N–H and O–H groups in total. The number of fused-ring (bicyclic) bond motifs is 6. The summed E-state index contributed by atoms with van der Waals surface area (Å²) in [6.07, 6.45) is 0. The minimum absolute atomic E-state index is 0.623. The molecule has 1 heterocycles. The summed E-state index contributed by atoms with van der Waals surface area (Å²) in [5, 5.41) is 7.18. The molecule has 0 aliphatic carbocycles. The van der Waals surface area contributed by atoms with Crippen LogP contribution in [0.3, 0.4) is 0 Å². The van der Waals surface area contributed by atoms with E-state index in [4.69, 9.17) is 9.40 Å². The van der Waals surface area contributed by atoms with Crippen molar-refractivity contribution in [3.63, 3.8) is 0 Å². The molecular formula is C49H32N2O. The third kappa shape index (κ3) is 5.10. The minimum atomic E-state index is 0.623. The Morgan fingerprint density at radius 1 is 0.385 bits per heavy atom. The highest BCUT2D eigenvalue weighted by atomic mass is 16.3. The molecule has 0 amide bonds. The Hall–Kier alpha value is -6.97. The zero-order chi connectivity index (χ0) is 34.4. The van der Waals surface area contributed by atoms with Gasteiger partial charge in [0, 0.05) is 27.7 Å². The van der Waals surface area contributed by atoms with Crippen molar-refractivity contribution < 1.29 is 4.42 Å². The molecule has 9 aromatic carbocycles. The SMILES string of the molecule is c1ccc(-c2cccc(N(c3ccc(-c4cc5ccccc5c5ccccc45)cc3)c3cccc4c3ccc3oc(-c5ccccc5)nc34)c2)cc1. The molecule has 10 rings (SSSR count). The van der Waals surface area contributed by atoms with Crippen molar-refractivity contribution in [2.24, 2.45) is 0 Å². The lowest BCUT2D eigenvalue weighted by molar-refractivity contribution is 0.620. The summed E-state index contributed by atoms with van der Waals surface area (Å²) in [5.41, 5.74) is 10.5. The molecule has 3 heteroatoms. The average molecular weight is 665 g/mol. The molecule has 1 aromatic heterocycles. The van der Waals surface area contributed by atoms with Crippen LogP contribution in [0.5, 0.6) is 0 Å². The van der Waals surface area contributed by atoms with Gasteiger partial charge in [0.2, 0.25) is 5.89 Å². The van der Waals surface area contributed by atoms with Crippen molar-refractivity contribution in [1.82, 2.24) is 4.98 Å². The molecule has 10 aromatic rings. The summed E-state index contributed by atoms with van der Waals surface area (Å²) in [5.74, 6) is 0.623. The fourth-order valence-electron chi connectivity index (χ4n) is 7.60. The fourth-order valence-corrected chi connectivity index (χ4v) is 7.60. The molecule has 3 nitrogen and oxygen atoms in total. The second kappa shape index (κ2) is 12.4. The smallest absolute Gasteiger partial charge is 0.227 e. The van der Waals surface area contributed by atoms with E-state index in [1.807, 2.05) is 36.4 Å². The lowest BCUT2D eigenvalue weighted by atomic mass is 9.93. The van der Waals surface area contributed by atoms with Crippen molar-refractivity contribution >= 4 is 60.5 Å². The Bertz CT molecular complexity index is 2890. The first-order valence-corrected chi connectivity index (χ1v) is 17.6. The number of rotatable bonds is 6. The van der Waals surface area contributed by atoms with Crippen LogP contribution in [0, 0.1) is 0 Å². The van der Waals surface area contributed by atoms with Gasteiger partial charge in [-0.15, -0.1) is 0 Å². The van der Waals surface area contributed by atoms with E-state index in [1.54, 1.807) is 0 Å². The maximum atomic E-state index is 6.28. The number of hydrogen-bond donors (Lipinski definition) is 0. The lowest BCUT2D eigenvalue weighted by Gasteiger charge is -2.27. The topological polar surface area (TPSA) is 29.3 Å². The summed E-state index contributed by atoms with van der Waals surface area (Å²) >= 11 is 0. The molecule has 0 radical (unpaired) electrons. The van der Waals surface area contributed by atoms with Crippen LogP contribution >= 0.6 is 0 Å². The van der Waals surface area contributed by atoms with Gasteiger partial charge < -0.3 is 9.32 Å². The summed E-state index contributed by atoms with van der Waals surface area (Å²) in [7, 11) is 0. The zero-order valence-corrected chi connectivity index (χ0v) is 28.3. The van der Waals surface area contributed by atoms with E-state index < -0.39 is 0 Å². The second-order valence-corrected chi connectivity index (χ2v) is 13.2. The van der Waals surface area contributed by atoms with Crippen molar-refractivity contribution in [2.45, 2.75) is 0 Å². The van der Waals surface area contributed by atoms with Gasteiger partial charge in [-0.25, -0.2) is 4.98 Å². The molecule has 0 spiro atoms. The number of anilines is 3. The first kappa shape index (κ1) is 29.9. The molecule has 0 saturated carbocycles. The average Bonchev–Trinajstić information content (AvgIpc) is 3.67. The third-order valence-corrected chi connectivity index (χ3v) is 10.1. The molecule has 244 valence electrons. The first-order valence-electron chi connectivity index (χ1n) is 17.6. The van der Waals surface area contributed by atoms with Gasteiger partial charge in [0.15, 0.2) is 5.58 Å². The van der Waals surface area contributed by atoms with Gasteiger partial charge in [0.25, 0.3) is 0 Å². The van der Waals surface area contributed by atoms with Crippen molar-refractivity contribution in [2.75, 3.05) is 4.90 Å². The lowest BCUT2D eigenvalue weighted by Crippen LogP contribution is -2.10. The molecule has 0 fully saturated rings. The summed E-state index contributed by atoms with van der Waals surface area (Å²) < 4.78 is 6.28. The Morgan fingerprint density at radius 2 is 1.04 bits per heavy atom. The fraction of sp³-hybridized carbons (Fsp3) is 0. The monoisotopic (exact) mass is 664 g/mol. The molecule has 0 saturated heterocycles. The molecule has 0 unspecified atom stereocenters. The minimum Gasteiger partial charge on any atom is -0.436 e. The van der Waals surface area contributed by atoms with Gasteiger partial charge in [-0.1, -0.05) is 133 Å². The van der Waals surface area contributed by atoms with Crippen LogP contribution in [0.2, 0.25) is 0 Å². The number of oxazole rings is 1. The van der Waals surface area contributed by atoms with E-state index in [0.717, 1.165) is 50.1 Å².